The van der Waals surface area contributed by atoms with Crippen LogP contribution in [0, 0.1) is 6.92 Å². The van der Waals surface area contributed by atoms with Crippen molar-refractivity contribution in [3.8, 4) is 11.4 Å². The number of hydrogen-bond donors (Lipinski definition) is 0. The van der Waals surface area contributed by atoms with Crippen LogP contribution in [0.1, 0.15) is 43.3 Å². The molecule has 0 radical (unpaired) electrons. The lowest BCUT2D eigenvalue weighted by Crippen LogP contribution is -2.15. The maximum atomic E-state index is 12.7. The molecule has 0 spiro atoms. The van der Waals surface area contributed by atoms with Crippen molar-refractivity contribution in [1.82, 2.24) is 29.0 Å². The van der Waals surface area contributed by atoms with Crippen molar-refractivity contribution < 1.29 is 4.74 Å². The van der Waals surface area contributed by atoms with Gasteiger partial charge in [-0.2, -0.15) is 0 Å². The smallest absolute Gasteiger partial charge is 0.258 e. The minimum Gasteiger partial charge on any atom is -0.495 e. The fraction of sp³-hybridized carbons (Fsp3) is 0.310. The number of aromatic nitrogens is 5. The van der Waals surface area contributed by atoms with Gasteiger partial charge < -0.3 is 9.64 Å². The molecule has 0 amide bonds. The van der Waals surface area contributed by atoms with Gasteiger partial charge in [0.15, 0.2) is 5.16 Å². The van der Waals surface area contributed by atoms with Crippen LogP contribution in [0.3, 0.4) is 0 Å². The molecule has 3 aromatic heterocycles. The predicted octanol–water partition coefficient (Wildman–Crippen LogP) is 5.40. The number of likely N-dealkylation sites (N-methyl/N-ethyl adjacent to an activating group) is 1. The van der Waals surface area contributed by atoms with Crippen molar-refractivity contribution in [3.63, 3.8) is 0 Å². The molecule has 0 saturated carbocycles. The fourth-order valence-corrected chi connectivity index (χ4v) is 4.96. The molecular formula is C29H34N6O2S. The Morgan fingerprint density at radius 2 is 1.97 bits per heavy atom. The Balaban J connectivity index is 1.70. The van der Waals surface area contributed by atoms with Crippen molar-refractivity contribution in [1.29, 1.82) is 0 Å². The molecule has 4 rings (SSSR count). The lowest BCUT2D eigenvalue weighted by atomic mass is 10.1. The summed E-state index contributed by atoms with van der Waals surface area (Å²) in [6.45, 7) is 6.19. The molecule has 0 N–H and O–H groups in total. The molecule has 0 aliphatic rings. The Bertz CT molecular complexity index is 1540. The molecular weight excluding hydrogens is 496 g/mol. The summed E-state index contributed by atoms with van der Waals surface area (Å²) in [7, 11) is 5.73. The van der Waals surface area contributed by atoms with Crippen molar-refractivity contribution in [2.24, 2.45) is 0 Å². The van der Waals surface area contributed by atoms with E-state index in [2.05, 4.69) is 47.2 Å². The van der Waals surface area contributed by atoms with Crippen LogP contribution in [0.25, 0.3) is 11.3 Å². The van der Waals surface area contributed by atoms with E-state index in [1.165, 1.54) is 11.8 Å². The molecule has 38 heavy (non-hydrogen) atoms. The van der Waals surface area contributed by atoms with Gasteiger partial charge in [0.05, 0.1) is 18.5 Å². The monoisotopic (exact) mass is 530 g/mol. The van der Waals surface area contributed by atoms with Crippen LogP contribution >= 0.6 is 11.8 Å². The first-order valence-corrected chi connectivity index (χ1v) is 13.6. The van der Waals surface area contributed by atoms with E-state index in [0.29, 0.717) is 22.3 Å². The third-order valence-corrected chi connectivity index (χ3v) is 7.05. The van der Waals surface area contributed by atoms with Crippen LogP contribution in [0.4, 0.5) is 0 Å². The Morgan fingerprint density at radius 3 is 2.71 bits per heavy atom. The Morgan fingerprint density at radius 1 is 1.18 bits per heavy atom. The highest BCUT2D eigenvalue weighted by Crippen LogP contribution is 2.32. The zero-order chi connectivity index (χ0) is 27.2. The van der Waals surface area contributed by atoms with E-state index >= 15 is 0 Å². The Kier molecular flexibility index (Phi) is 8.68. The first-order valence-electron chi connectivity index (χ1n) is 12.6. The largest absolute Gasteiger partial charge is 0.495 e. The molecule has 1 unspecified atom stereocenters. The quantitative estimate of drug-likeness (QED) is 0.201. The van der Waals surface area contributed by atoms with Crippen molar-refractivity contribution >= 4 is 17.4 Å². The molecule has 0 aliphatic heterocycles. The molecule has 0 bridgehead atoms. The molecule has 0 fully saturated rings. The summed E-state index contributed by atoms with van der Waals surface area (Å²) < 4.78 is 9.29. The number of aryl methyl sites for hydroxylation is 1. The molecule has 9 heteroatoms. The number of pyridine rings is 1. The topological polar surface area (TPSA) is 77.6 Å². The van der Waals surface area contributed by atoms with Gasteiger partial charge in [-0.25, -0.2) is 4.98 Å². The number of ether oxygens (including phenoxy) is 1. The number of methoxy groups -OCH3 is 1. The van der Waals surface area contributed by atoms with Crippen LogP contribution in [-0.2, 0) is 5.75 Å². The minimum absolute atomic E-state index is 0.0198. The average Bonchev–Trinajstić information content (AvgIpc) is 3.33. The zero-order valence-corrected chi connectivity index (χ0v) is 23.6. The Hall–Kier alpha value is -3.85. The summed E-state index contributed by atoms with van der Waals surface area (Å²) in [6, 6.07) is 13.2. The number of para-hydroxylation sites is 2. The third-order valence-electron chi connectivity index (χ3n) is 6.09. The average molecular weight is 531 g/mol. The predicted molar refractivity (Wildman–Crippen MR) is 153 cm³/mol. The highest BCUT2D eigenvalue weighted by atomic mass is 32.2. The van der Waals surface area contributed by atoms with E-state index in [4.69, 9.17) is 9.72 Å². The Labute approximate surface area is 227 Å². The summed E-state index contributed by atoms with van der Waals surface area (Å²) in [6.07, 6.45) is 9.21. The molecule has 1 aromatic carbocycles. The second-order valence-corrected chi connectivity index (χ2v) is 10.2. The van der Waals surface area contributed by atoms with Crippen molar-refractivity contribution in [3.05, 3.63) is 100 Å². The lowest BCUT2D eigenvalue weighted by molar-refractivity contribution is 0.411. The highest BCUT2D eigenvalue weighted by molar-refractivity contribution is 7.98. The van der Waals surface area contributed by atoms with Gasteiger partial charge in [0.1, 0.15) is 17.2 Å². The summed E-state index contributed by atoms with van der Waals surface area (Å²) in [5.41, 5.74) is 4.22. The normalized spacial score (nSPS) is 12.8. The van der Waals surface area contributed by atoms with E-state index in [1.807, 2.05) is 62.0 Å². The van der Waals surface area contributed by atoms with Gasteiger partial charge in [0.2, 0.25) is 0 Å². The summed E-state index contributed by atoms with van der Waals surface area (Å²) >= 11 is 1.49. The molecule has 4 aromatic rings. The number of allylic oxidation sites excluding steroid dienone is 3. The second kappa shape index (κ2) is 12.1. The standard InChI is InChI=1S/C29H34N6O2S/c1-7-10-23(33(4)5)15-14-21(3)28-31-32-29(35(28)24-11-8-9-12-25(24)37-6)38-19-22-17-27(36)34-18-20(2)13-16-26(34)30-22/h8-18,21H,7,19H2,1-6H3/b15-14-,23-10+. The van der Waals surface area contributed by atoms with E-state index < -0.39 is 0 Å². The SMILES string of the molecule is CC/C=C(\C=C/C(C)c1nnc(SCc2cc(=O)n3cc(C)ccc3n2)n1-c1ccccc1OC)N(C)C. The summed E-state index contributed by atoms with van der Waals surface area (Å²) in [5, 5.41) is 9.84. The van der Waals surface area contributed by atoms with Crippen LogP contribution in [0.5, 0.6) is 5.75 Å². The molecule has 198 valence electrons. The van der Waals surface area contributed by atoms with E-state index in [0.717, 1.165) is 34.9 Å². The lowest BCUT2D eigenvalue weighted by Gasteiger charge is -2.17. The second-order valence-electron chi connectivity index (χ2n) is 9.24. The summed E-state index contributed by atoms with van der Waals surface area (Å²) in [4.78, 5) is 19.5. The van der Waals surface area contributed by atoms with Gasteiger partial charge in [-0.05, 0) is 43.2 Å². The van der Waals surface area contributed by atoms with E-state index in [1.54, 1.807) is 23.8 Å². The molecule has 8 nitrogen and oxygen atoms in total. The third kappa shape index (κ3) is 5.99. The van der Waals surface area contributed by atoms with Gasteiger partial charge in [-0.1, -0.05) is 56.0 Å². The van der Waals surface area contributed by atoms with E-state index in [-0.39, 0.29) is 11.5 Å². The fourth-order valence-electron chi connectivity index (χ4n) is 4.12. The molecule has 0 saturated heterocycles. The first kappa shape index (κ1) is 27.2. The maximum Gasteiger partial charge on any atom is 0.258 e. The highest BCUT2D eigenvalue weighted by Gasteiger charge is 2.21. The number of fused-ring (bicyclic) bond motifs is 1. The van der Waals surface area contributed by atoms with Crippen LogP contribution in [-0.4, -0.2) is 50.3 Å². The van der Waals surface area contributed by atoms with Gasteiger partial charge in [0.25, 0.3) is 5.56 Å². The van der Waals surface area contributed by atoms with Crippen LogP contribution < -0.4 is 10.3 Å². The first-order chi connectivity index (χ1) is 18.3. The van der Waals surface area contributed by atoms with Gasteiger partial charge in [-0.15, -0.1) is 10.2 Å². The minimum atomic E-state index is -0.100. The zero-order valence-electron chi connectivity index (χ0n) is 22.8. The number of nitrogens with zero attached hydrogens (tertiary/aromatic N) is 6. The number of thioether (sulfide) groups is 1. The molecule has 1 atom stereocenters. The van der Waals surface area contributed by atoms with Gasteiger partial charge >= 0.3 is 0 Å². The molecule has 3 heterocycles. The van der Waals surface area contributed by atoms with Crippen LogP contribution in [0.2, 0.25) is 0 Å². The number of rotatable bonds is 10. The summed E-state index contributed by atoms with van der Waals surface area (Å²) in [5.74, 6) is 1.98. The van der Waals surface area contributed by atoms with E-state index in [9.17, 15) is 4.79 Å². The number of benzene rings is 1. The maximum absolute atomic E-state index is 12.7. The van der Waals surface area contributed by atoms with Gasteiger partial charge in [0, 0.05) is 43.7 Å². The molecule has 0 aliphatic carbocycles. The number of hydrogen-bond acceptors (Lipinski definition) is 7. The van der Waals surface area contributed by atoms with Gasteiger partial charge in [-0.3, -0.25) is 13.8 Å². The van der Waals surface area contributed by atoms with Crippen molar-refractivity contribution in [2.45, 2.75) is 44.0 Å². The van der Waals surface area contributed by atoms with Crippen molar-refractivity contribution in [2.75, 3.05) is 21.2 Å². The van der Waals surface area contributed by atoms with Crippen LogP contribution in [0.15, 0.2) is 82.5 Å².